The standard InChI is InChI=1S/C75H121IN5O40PS/c1-47(82)108-41-61-71(114-53(7)88)58(111-50(4)85)38-68(118-61)105-35-32-99-26-18-77-64(91)14-23-102-44-75(81-67(94)17-22-97-30-31-98-29-21-80-74(95)117-56-10-12-57(13-11-56)121-122(76,96)123,45-103-24-15-65(92)78-19-27-100-33-36-106-69-39-59(112-51(5)86)72(115-54(8)89)62(119-69)42-109-48(2)83)46-104-25-16-66(93)79-20-28-101-34-37-107-70-40-60(113-52(6)87)73(116-55(9)90)63(120-70)43-110-49(3)84/h56-63,68-73H,10-46H2,1-9H3,(H,77,91)(H,78,92)(H,79,93)(H,80,95)(H,81,94)(H,96,123)/t56?,57?,58-,59-,60-,61-,62-,63-,68-,69-,70-,71-,72-,73-,122?/m1/s1. The Bertz CT molecular complexity index is 3050. The Morgan fingerprint density at radius 1 is 0.350 bits per heavy atom. The van der Waals surface area contributed by atoms with Crippen molar-refractivity contribution < 1.29 is 190 Å². The van der Waals surface area contributed by atoms with Gasteiger partial charge in [0.1, 0.15) is 68.1 Å². The van der Waals surface area contributed by atoms with Crippen molar-refractivity contribution in [1.82, 2.24) is 26.6 Å². The lowest BCUT2D eigenvalue weighted by Crippen LogP contribution is -2.59. The van der Waals surface area contributed by atoms with Gasteiger partial charge in [0.15, 0.2) is 37.2 Å². The van der Waals surface area contributed by atoms with E-state index in [-0.39, 0.29) is 229 Å². The molecular formula is C75H121IN5O40PS. The molecule has 3 aliphatic heterocycles. The molecule has 0 aromatic heterocycles. The summed E-state index contributed by atoms with van der Waals surface area (Å²) in [6, 6.07) is 0. The van der Waals surface area contributed by atoms with Crippen LogP contribution in [0, 0.1) is 0 Å². The lowest BCUT2D eigenvalue weighted by molar-refractivity contribution is -0.267. The van der Waals surface area contributed by atoms with Gasteiger partial charge in [-0.25, -0.2) is 4.79 Å². The molecule has 3 heterocycles. The van der Waals surface area contributed by atoms with Crippen LogP contribution in [0.25, 0.3) is 0 Å². The summed E-state index contributed by atoms with van der Waals surface area (Å²) >= 11 is 5.65. The van der Waals surface area contributed by atoms with Crippen molar-refractivity contribution >= 4 is 122 Å². The third-order valence-electron chi connectivity index (χ3n) is 17.5. The Labute approximate surface area is 730 Å². The first-order chi connectivity index (χ1) is 58.6. The van der Waals surface area contributed by atoms with Crippen LogP contribution in [0.2, 0.25) is 0 Å². The third-order valence-corrected chi connectivity index (χ3v) is 19.0. The normalized spacial score (nSPS) is 23.0. The van der Waals surface area contributed by atoms with Crippen LogP contribution >= 0.6 is 38.5 Å². The van der Waals surface area contributed by atoms with Crippen LogP contribution in [0.5, 0.6) is 0 Å². The van der Waals surface area contributed by atoms with Gasteiger partial charge in [0.2, 0.25) is 23.6 Å². The van der Waals surface area contributed by atoms with E-state index in [0.29, 0.717) is 25.7 Å². The van der Waals surface area contributed by atoms with Crippen molar-refractivity contribution in [3.63, 3.8) is 0 Å². The first-order valence-corrected chi connectivity index (χ1v) is 45.8. The summed E-state index contributed by atoms with van der Waals surface area (Å²) in [5.41, 5.74) is -1.56. The number of ether oxygens (including phenoxy) is 24. The topological polar surface area (TPSA) is 547 Å². The zero-order chi connectivity index (χ0) is 90.5. The number of halogens is 1. The molecule has 0 aromatic rings. The van der Waals surface area contributed by atoms with Crippen LogP contribution in [-0.4, -0.2) is 347 Å². The van der Waals surface area contributed by atoms with Gasteiger partial charge < -0.3 is 145 Å². The second-order valence-electron chi connectivity index (χ2n) is 28.1. The number of hydrogen-bond acceptors (Lipinski definition) is 40. The molecule has 704 valence electrons. The van der Waals surface area contributed by atoms with Gasteiger partial charge in [-0.2, -0.15) is 0 Å². The van der Waals surface area contributed by atoms with E-state index in [1.807, 2.05) is 0 Å². The van der Waals surface area contributed by atoms with Crippen molar-refractivity contribution in [2.24, 2.45) is 0 Å². The van der Waals surface area contributed by atoms with Crippen LogP contribution < -0.4 is 26.6 Å². The molecule has 4 rings (SSSR count). The molecule has 123 heavy (non-hydrogen) atoms. The van der Waals surface area contributed by atoms with Crippen LogP contribution in [0.15, 0.2) is 0 Å². The van der Waals surface area contributed by atoms with Gasteiger partial charge >= 0.3 is 64.0 Å². The summed E-state index contributed by atoms with van der Waals surface area (Å²) in [6.45, 7) is 8.30. The minimum atomic E-state index is -2.99. The van der Waals surface area contributed by atoms with Gasteiger partial charge in [-0.05, 0) is 25.7 Å². The fourth-order valence-electron chi connectivity index (χ4n) is 12.3. The Morgan fingerprint density at radius 2 is 0.634 bits per heavy atom. The number of rotatable bonds is 61. The Morgan fingerprint density at radius 3 is 0.943 bits per heavy atom. The maximum atomic E-state index is 14.0. The van der Waals surface area contributed by atoms with Gasteiger partial charge in [-0.1, -0.05) is 12.2 Å². The van der Waals surface area contributed by atoms with Crippen LogP contribution in [0.4, 0.5) is 4.79 Å². The first-order valence-electron chi connectivity index (χ1n) is 40.2. The summed E-state index contributed by atoms with van der Waals surface area (Å²) in [6.07, 6.45) is -12.3. The van der Waals surface area contributed by atoms with Crippen molar-refractivity contribution in [3.8, 4) is 0 Å². The fourth-order valence-corrected chi connectivity index (χ4v) is 14.3. The maximum Gasteiger partial charge on any atom is 0.407 e. The number of hydrogen-bond donors (Lipinski definition) is 6. The van der Waals surface area contributed by atoms with Gasteiger partial charge in [-0.3, -0.25) is 66.9 Å². The van der Waals surface area contributed by atoms with E-state index in [0.717, 1.165) is 20.8 Å². The molecule has 3 saturated heterocycles. The molecule has 4 fully saturated rings. The number of amides is 5. The molecule has 4 aliphatic rings. The molecular weight excluding hydrogens is 1800 g/mol. The summed E-state index contributed by atoms with van der Waals surface area (Å²) in [5.74, 6) is -7.86. The molecule has 0 aromatic carbocycles. The number of thiol groups is 1. The largest absolute Gasteiger partial charge is 0.463 e. The lowest BCUT2D eigenvalue weighted by Gasteiger charge is -2.39. The second-order valence-corrected chi connectivity index (χ2v) is 36.9. The Kier molecular flexibility index (Phi) is 54.2. The Hall–Kier alpha value is -6.91. The smallest absolute Gasteiger partial charge is 0.407 e. The minimum absolute atomic E-state index is 0.0135. The van der Waals surface area contributed by atoms with Crippen molar-refractivity contribution in [1.29, 1.82) is 0 Å². The molecule has 13 atom stereocenters. The summed E-state index contributed by atoms with van der Waals surface area (Å²) in [7, 11) is 0. The second kappa shape index (κ2) is 61.5. The molecule has 48 heteroatoms. The third kappa shape index (κ3) is 50.9. The van der Waals surface area contributed by atoms with Crippen LogP contribution in [-0.2, 0) is 185 Å². The molecule has 1 unspecified atom stereocenters. The first kappa shape index (κ1) is 108. The average Bonchev–Trinajstić information content (AvgIpc) is 0.828. The summed E-state index contributed by atoms with van der Waals surface area (Å²) in [4.78, 5) is 173. The molecule has 0 radical (unpaired) electrons. The van der Waals surface area contributed by atoms with Crippen LogP contribution in [0.3, 0.4) is 0 Å². The molecule has 0 spiro atoms. The fraction of sp³-hybridized carbons (Fsp3) is 0.813. The predicted octanol–water partition coefficient (Wildman–Crippen LogP) is 1.08. The monoisotopic (exact) mass is 1920 g/mol. The maximum absolute atomic E-state index is 14.0. The minimum Gasteiger partial charge on any atom is -0.463 e. The highest BCUT2D eigenvalue weighted by Crippen LogP contribution is 2.62. The van der Waals surface area contributed by atoms with E-state index < -0.39 is 167 Å². The lowest BCUT2D eigenvalue weighted by atomic mass is 9.95. The zero-order valence-electron chi connectivity index (χ0n) is 70.8. The van der Waals surface area contributed by atoms with Crippen LogP contribution in [0.1, 0.15) is 133 Å². The predicted molar refractivity (Wildman–Crippen MR) is 428 cm³/mol. The van der Waals surface area contributed by atoms with E-state index in [1.165, 1.54) is 41.5 Å². The van der Waals surface area contributed by atoms with E-state index in [2.05, 4.69) is 38.8 Å². The van der Waals surface area contributed by atoms with Crippen molar-refractivity contribution in [2.45, 2.75) is 224 Å². The quantitative estimate of drug-likeness (QED) is 0.0124. The molecule has 5 amide bonds. The van der Waals surface area contributed by atoms with E-state index >= 15 is 0 Å². The number of esters is 9. The van der Waals surface area contributed by atoms with Gasteiger partial charge in [-0.15, -0.1) is 0 Å². The number of nitrogens with one attached hydrogen (secondary N) is 5. The van der Waals surface area contributed by atoms with Gasteiger partial charge in [0.25, 0.3) is 0 Å². The van der Waals surface area contributed by atoms with E-state index in [4.69, 9.17) is 118 Å². The molecule has 1 saturated carbocycles. The zero-order valence-corrected chi connectivity index (χ0v) is 74.8. The Balaban J connectivity index is 1.37. The molecule has 1 aliphatic carbocycles. The van der Waals surface area contributed by atoms with Gasteiger partial charge in [0, 0.05) is 155 Å². The highest BCUT2D eigenvalue weighted by molar-refractivity contribution is 14.2. The SMILES string of the molecule is CC(=O)OC[C@H]1O[C@@H](OCCOCCNC(=O)CCOCC(COCCC(=O)NCCOCCO[C@H]2C[C@@H](OC(C)=O)[C@@H](OC(C)=O)[C@@H](COC(C)=O)O2)(COCCC(=O)NCCOCCO[C@H]2C[C@@H](OC(C)=O)[C@@H](OC(C)=O)[C@@H](COC(C)=O)O2)NC(=O)CCOCCOCCNC(=O)OC2CCC(OP(=O)(S)I)CC2)C[C@@H](OC(C)=O)[C@H]1OC(C)=O. The van der Waals surface area contributed by atoms with E-state index in [9.17, 15) is 71.7 Å². The number of carbonyl (C=O) groups is 14. The van der Waals surface area contributed by atoms with E-state index in [1.54, 1.807) is 22.0 Å². The molecule has 45 nitrogen and oxygen atoms in total. The number of alkyl carbamates (subject to hydrolysis) is 1. The van der Waals surface area contributed by atoms with Crippen molar-refractivity contribution in [2.75, 3.05) is 172 Å². The molecule has 0 bridgehead atoms. The van der Waals surface area contributed by atoms with Gasteiger partial charge in [0.05, 0.1) is 132 Å². The highest BCUT2D eigenvalue weighted by atomic mass is 127. The molecule has 5 N–H and O–H groups in total. The average molecular weight is 1920 g/mol. The number of carbonyl (C=O) groups excluding carboxylic acids is 14. The highest BCUT2D eigenvalue weighted by Gasteiger charge is 2.47. The summed E-state index contributed by atoms with van der Waals surface area (Å²) < 4.78 is 149. The van der Waals surface area contributed by atoms with Crippen molar-refractivity contribution in [3.05, 3.63) is 0 Å². The summed E-state index contributed by atoms with van der Waals surface area (Å²) in [5, 5.41) is 13.7.